The van der Waals surface area contributed by atoms with Crippen molar-refractivity contribution < 1.29 is 14.6 Å². The van der Waals surface area contributed by atoms with Crippen LogP contribution in [-0.4, -0.2) is 48.3 Å². The summed E-state index contributed by atoms with van der Waals surface area (Å²) in [6, 6.07) is -0.200. The highest BCUT2D eigenvalue weighted by Gasteiger charge is 2.31. The molecule has 2 aliphatic rings. The monoisotopic (exact) mass is 295 g/mol. The number of rotatable bonds is 2. The minimum absolute atomic E-state index is 0.0326. The second-order valence-electron chi connectivity index (χ2n) is 5.81. The lowest BCUT2D eigenvalue weighted by molar-refractivity contribution is -0.0184. The van der Waals surface area contributed by atoms with Gasteiger partial charge in [0, 0.05) is 16.8 Å². The van der Waals surface area contributed by atoms with Gasteiger partial charge in [-0.2, -0.15) is 0 Å². The molecule has 2 heterocycles. The van der Waals surface area contributed by atoms with Crippen LogP contribution >= 0.6 is 11.3 Å². The summed E-state index contributed by atoms with van der Waals surface area (Å²) in [5, 5.41) is 11.4. The average Bonchev–Trinajstić information content (AvgIpc) is 2.89. The van der Waals surface area contributed by atoms with Crippen molar-refractivity contribution >= 4 is 17.2 Å². The van der Waals surface area contributed by atoms with Crippen LogP contribution in [0.4, 0.5) is 0 Å². The zero-order valence-corrected chi connectivity index (χ0v) is 12.6. The highest BCUT2D eigenvalue weighted by atomic mass is 32.1. The topological polar surface area (TPSA) is 49.8 Å². The molecule has 1 aliphatic heterocycles. The number of amides is 1. The van der Waals surface area contributed by atoms with E-state index in [1.54, 1.807) is 16.2 Å². The number of thiophene rings is 1. The van der Waals surface area contributed by atoms with E-state index in [2.05, 4.69) is 6.92 Å². The maximum Gasteiger partial charge on any atom is 0.255 e. The molecule has 1 aliphatic carbocycles. The number of hydrogen-bond donors (Lipinski definition) is 1. The van der Waals surface area contributed by atoms with Crippen molar-refractivity contribution in [1.29, 1.82) is 0 Å². The van der Waals surface area contributed by atoms with Crippen molar-refractivity contribution in [3.05, 3.63) is 21.4 Å². The minimum Gasteiger partial charge on any atom is -0.394 e. The summed E-state index contributed by atoms with van der Waals surface area (Å²) in [5.41, 5.74) is 2.11. The van der Waals surface area contributed by atoms with E-state index < -0.39 is 0 Å². The first kappa shape index (κ1) is 14.0. The second-order valence-corrected chi connectivity index (χ2v) is 6.77. The van der Waals surface area contributed by atoms with Crippen molar-refractivity contribution in [1.82, 2.24) is 4.90 Å². The number of aliphatic hydroxyl groups is 1. The summed E-state index contributed by atoms with van der Waals surface area (Å²) in [4.78, 5) is 15.9. The van der Waals surface area contributed by atoms with Crippen molar-refractivity contribution in [3.8, 4) is 0 Å². The maximum atomic E-state index is 12.7. The predicted molar refractivity (Wildman–Crippen MR) is 78.2 cm³/mol. The Morgan fingerprint density at radius 1 is 1.60 bits per heavy atom. The lowest BCUT2D eigenvalue weighted by atomic mass is 9.88. The Labute approximate surface area is 123 Å². The Hall–Kier alpha value is -0.910. The Bertz CT molecular complexity index is 499. The molecule has 2 unspecified atom stereocenters. The van der Waals surface area contributed by atoms with Crippen LogP contribution in [0, 0.1) is 5.92 Å². The molecule has 5 heteroatoms. The molecular formula is C15H21NO3S. The summed E-state index contributed by atoms with van der Waals surface area (Å²) >= 11 is 1.72. The molecule has 4 nitrogen and oxygen atoms in total. The Kier molecular flexibility index (Phi) is 4.10. The lowest BCUT2D eigenvalue weighted by Crippen LogP contribution is -2.50. The maximum absolute atomic E-state index is 12.7. The van der Waals surface area contributed by atoms with E-state index in [-0.39, 0.29) is 18.6 Å². The molecule has 1 saturated heterocycles. The fourth-order valence-corrected chi connectivity index (χ4v) is 4.32. The number of aliphatic hydroxyl groups excluding tert-OH is 1. The van der Waals surface area contributed by atoms with Gasteiger partial charge < -0.3 is 14.7 Å². The summed E-state index contributed by atoms with van der Waals surface area (Å²) in [6.45, 7) is 3.81. The Morgan fingerprint density at radius 3 is 3.25 bits per heavy atom. The van der Waals surface area contributed by atoms with E-state index in [4.69, 9.17) is 4.74 Å². The Balaban J connectivity index is 1.84. The first-order valence-corrected chi connectivity index (χ1v) is 8.17. The van der Waals surface area contributed by atoms with E-state index in [9.17, 15) is 9.90 Å². The van der Waals surface area contributed by atoms with Crippen LogP contribution in [0.2, 0.25) is 0 Å². The fourth-order valence-electron chi connectivity index (χ4n) is 3.08. The molecule has 1 amide bonds. The predicted octanol–water partition coefficient (Wildman–Crippen LogP) is 1.71. The summed E-state index contributed by atoms with van der Waals surface area (Å²) in [5.74, 6) is 0.789. The molecule has 1 aromatic rings. The molecule has 0 bridgehead atoms. The number of hydrogen-bond acceptors (Lipinski definition) is 4. The molecule has 3 rings (SSSR count). The molecule has 20 heavy (non-hydrogen) atoms. The van der Waals surface area contributed by atoms with Crippen molar-refractivity contribution in [3.63, 3.8) is 0 Å². The zero-order valence-electron chi connectivity index (χ0n) is 11.8. The molecule has 1 aromatic heterocycles. The van der Waals surface area contributed by atoms with Crippen LogP contribution in [0.15, 0.2) is 5.38 Å². The molecule has 110 valence electrons. The molecule has 0 aromatic carbocycles. The minimum atomic E-state index is -0.200. The molecule has 2 atom stereocenters. The van der Waals surface area contributed by atoms with Gasteiger partial charge in [-0.1, -0.05) is 6.92 Å². The van der Waals surface area contributed by atoms with Crippen molar-refractivity contribution in [2.45, 2.75) is 32.2 Å². The summed E-state index contributed by atoms with van der Waals surface area (Å²) in [6.07, 6.45) is 3.27. The van der Waals surface area contributed by atoms with Crippen molar-refractivity contribution in [2.24, 2.45) is 5.92 Å². The van der Waals surface area contributed by atoms with Gasteiger partial charge in [0.2, 0.25) is 0 Å². The van der Waals surface area contributed by atoms with Gasteiger partial charge in [-0.15, -0.1) is 11.3 Å². The molecule has 0 saturated carbocycles. The van der Waals surface area contributed by atoms with Gasteiger partial charge >= 0.3 is 0 Å². The first-order chi connectivity index (χ1) is 9.70. The Morgan fingerprint density at radius 2 is 2.45 bits per heavy atom. The standard InChI is InChI=1S/C15H21NO3S/c1-10-2-3-12-13(9-20-14(12)6-10)15(18)16-4-5-19-8-11(16)7-17/h9-11,17H,2-8H2,1H3. The van der Waals surface area contributed by atoms with Crippen LogP contribution in [0.25, 0.3) is 0 Å². The van der Waals surface area contributed by atoms with E-state index in [1.807, 2.05) is 5.38 Å². The number of carbonyl (C=O) groups is 1. The van der Waals surface area contributed by atoms with Crippen LogP contribution in [0.1, 0.15) is 34.1 Å². The SMILES string of the molecule is CC1CCc2c(C(=O)N3CCOCC3CO)csc2C1. The largest absolute Gasteiger partial charge is 0.394 e. The van der Waals surface area contributed by atoms with Crippen LogP contribution in [-0.2, 0) is 17.6 Å². The normalized spacial score (nSPS) is 26.4. The summed E-state index contributed by atoms with van der Waals surface area (Å²) < 4.78 is 5.35. The van der Waals surface area contributed by atoms with Gasteiger partial charge in [-0.25, -0.2) is 0 Å². The molecule has 0 radical (unpaired) electrons. The third-order valence-corrected chi connectivity index (χ3v) is 5.38. The smallest absolute Gasteiger partial charge is 0.255 e. The van der Waals surface area contributed by atoms with Gasteiger partial charge in [0.1, 0.15) is 0 Å². The molecule has 1 fully saturated rings. The van der Waals surface area contributed by atoms with E-state index >= 15 is 0 Å². The van der Waals surface area contributed by atoms with E-state index in [0.29, 0.717) is 19.8 Å². The van der Waals surface area contributed by atoms with E-state index in [0.717, 1.165) is 30.7 Å². The lowest BCUT2D eigenvalue weighted by Gasteiger charge is -2.34. The van der Waals surface area contributed by atoms with E-state index in [1.165, 1.54) is 10.4 Å². The quantitative estimate of drug-likeness (QED) is 0.903. The molecular weight excluding hydrogens is 274 g/mol. The molecule has 0 spiro atoms. The zero-order chi connectivity index (χ0) is 14.1. The van der Waals surface area contributed by atoms with Gasteiger partial charge in [-0.05, 0) is 30.7 Å². The van der Waals surface area contributed by atoms with Gasteiger partial charge in [0.25, 0.3) is 5.91 Å². The van der Waals surface area contributed by atoms with Crippen LogP contribution < -0.4 is 0 Å². The van der Waals surface area contributed by atoms with Gasteiger partial charge in [-0.3, -0.25) is 4.79 Å². The molecule has 1 N–H and O–H groups in total. The first-order valence-electron chi connectivity index (χ1n) is 7.29. The number of ether oxygens (including phenoxy) is 1. The third kappa shape index (κ3) is 2.50. The fraction of sp³-hybridized carbons (Fsp3) is 0.667. The van der Waals surface area contributed by atoms with Crippen LogP contribution in [0.3, 0.4) is 0 Å². The highest BCUT2D eigenvalue weighted by molar-refractivity contribution is 7.10. The number of nitrogens with zero attached hydrogens (tertiary/aromatic N) is 1. The van der Waals surface area contributed by atoms with Crippen molar-refractivity contribution in [2.75, 3.05) is 26.4 Å². The highest BCUT2D eigenvalue weighted by Crippen LogP contribution is 2.33. The van der Waals surface area contributed by atoms with Crippen LogP contribution in [0.5, 0.6) is 0 Å². The van der Waals surface area contributed by atoms with Gasteiger partial charge in [0.05, 0.1) is 31.4 Å². The number of carbonyl (C=O) groups excluding carboxylic acids is 1. The third-order valence-electron chi connectivity index (χ3n) is 4.33. The average molecular weight is 295 g/mol. The number of fused-ring (bicyclic) bond motifs is 1. The number of morpholine rings is 1. The summed E-state index contributed by atoms with van der Waals surface area (Å²) in [7, 11) is 0. The second kappa shape index (κ2) is 5.84. The van der Waals surface area contributed by atoms with Gasteiger partial charge in [0.15, 0.2) is 0 Å².